The van der Waals surface area contributed by atoms with Crippen molar-refractivity contribution in [2.75, 3.05) is 5.73 Å². The Hall–Kier alpha value is -2.16. The molecule has 0 aliphatic rings. The molecule has 17 heavy (non-hydrogen) atoms. The standard InChI is InChI=1S/C14H12FNO/c15-13-4-2-1-3-12(13)10-5-6-14(16)11(9-10)7-8-17/h1-6,8-9H,7,16H2. The minimum absolute atomic E-state index is 0.244. The van der Waals surface area contributed by atoms with E-state index in [4.69, 9.17) is 5.73 Å². The zero-order valence-electron chi connectivity index (χ0n) is 9.19. The maximum absolute atomic E-state index is 13.6. The lowest BCUT2D eigenvalue weighted by molar-refractivity contribution is -0.107. The summed E-state index contributed by atoms with van der Waals surface area (Å²) in [5.74, 6) is -0.283. The number of rotatable bonds is 3. The molecule has 0 saturated carbocycles. The number of carbonyl (C=O) groups is 1. The summed E-state index contributed by atoms with van der Waals surface area (Å²) in [6.07, 6.45) is 1.03. The van der Waals surface area contributed by atoms with Crippen molar-refractivity contribution in [1.29, 1.82) is 0 Å². The van der Waals surface area contributed by atoms with Gasteiger partial charge in [0.05, 0.1) is 0 Å². The van der Waals surface area contributed by atoms with E-state index in [2.05, 4.69) is 0 Å². The van der Waals surface area contributed by atoms with Crippen LogP contribution in [0.2, 0.25) is 0 Å². The van der Waals surface area contributed by atoms with Gasteiger partial charge in [-0.3, -0.25) is 0 Å². The highest BCUT2D eigenvalue weighted by molar-refractivity contribution is 5.71. The van der Waals surface area contributed by atoms with Crippen LogP contribution in [0.4, 0.5) is 10.1 Å². The third-order valence-corrected chi connectivity index (χ3v) is 2.63. The maximum Gasteiger partial charge on any atom is 0.131 e. The molecule has 3 heteroatoms. The van der Waals surface area contributed by atoms with Crippen LogP contribution in [0.3, 0.4) is 0 Å². The van der Waals surface area contributed by atoms with Crippen LogP contribution in [-0.4, -0.2) is 6.29 Å². The molecule has 0 amide bonds. The molecule has 2 N–H and O–H groups in total. The number of carbonyl (C=O) groups excluding carboxylic acids is 1. The van der Waals surface area contributed by atoms with Gasteiger partial charge in [-0.15, -0.1) is 0 Å². The number of hydrogen-bond donors (Lipinski definition) is 1. The van der Waals surface area contributed by atoms with Crippen molar-refractivity contribution in [2.24, 2.45) is 0 Å². The summed E-state index contributed by atoms with van der Waals surface area (Å²) in [4.78, 5) is 10.5. The van der Waals surface area contributed by atoms with E-state index in [1.165, 1.54) is 6.07 Å². The summed E-state index contributed by atoms with van der Waals surface area (Å²) in [7, 11) is 0. The van der Waals surface area contributed by atoms with Gasteiger partial charge in [0, 0.05) is 17.7 Å². The molecular weight excluding hydrogens is 217 g/mol. The second kappa shape index (κ2) is 4.78. The molecule has 0 spiro atoms. The SMILES string of the molecule is Nc1ccc(-c2ccccc2F)cc1CC=O. The third kappa shape index (κ3) is 2.33. The number of aldehydes is 1. The molecule has 2 aromatic rings. The first-order valence-electron chi connectivity index (χ1n) is 5.29. The predicted molar refractivity (Wildman–Crippen MR) is 66.0 cm³/mol. The topological polar surface area (TPSA) is 43.1 Å². The van der Waals surface area contributed by atoms with Gasteiger partial charge in [-0.25, -0.2) is 4.39 Å². The minimum Gasteiger partial charge on any atom is -0.398 e. The van der Waals surface area contributed by atoms with Crippen molar-refractivity contribution in [3.05, 3.63) is 53.8 Å². The van der Waals surface area contributed by atoms with Crippen LogP contribution in [-0.2, 0) is 11.2 Å². The molecule has 2 nitrogen and oxygen atoms in total. The number of halogens is 1. The van der Waals surface area contributed by atoms with Crippen LogP contribution < -0.4 is 5.73 Å². The molecule has 86 valence electrons. The smallest absolute Gasteiger partial charge is 0.131 e. The fourth-order valence-corrected chi connectivity index (χ4v) is 1.74. The van der Waals surface area contributed by atoms with Gasteiger partial charge in [0.2, 0.25) is 0 Å². The lowest BCUT2D eigenvalue weighted by Gasteiger charge is -2.07. The van der Waals surface area contributed by atoms with Gasteiger partial charge in [-0.05, 0) is 29.3 Å². The Balaban J connectivity index is 2.50. The first kappa shape index (κ1) is 11.3. The van der Waals surface area contributed by atoms with Crippen molar-refractivity contribution in [1.82, 2.24) is 0 Å². The fraction of sp³-hybridized carbons (Fsp3) is 0.0714. The van der Waals surface area contributed by atoms with Gasteiger partial charge in [0.25, 0.3) is 0 Å². The summed E-state index contributed by atoms with van der Waals surface area (Å²) in [6.45, 7) is 0. The molecule has 0 radical (unpaired) electrons. The van der Waals surface area contributed by atoms with Gasteiger partial charge < -0.3 is 10.5 Å². The van der Waals surface area contributed by atoms with Gasteiger partial charge in [-0.2, -0.15) is 0 Å². The normalized spacial score (nSPS) is 10.2. The van der Waals surface area contributed by atoms with E-state index in [-0.39, 0.29) is 12.2 Å². The van der Waals surface area contributed by atoms with Crippen molar-refractivity contribution in [3.63, 3.8) is 0 Å². The van der Waals surface area contributed by atoms with Crippen LogP contribution in [0.1, 0.15) is 5.56 Å². The highest BCUT2D eigenvalue weighted by Crippen LogP contribution is 2.26. The Bertz CT molecular complexity index is 552. The van der Waals surface area contributed by atoms with E-state index in [0.29, 0.717) is 11.3 Å². The van der Waals surface area contributed by atoms with Crippen LogP contribution in [0, 0.1) is 5.82 Å². The number of anilines is 1. The molecule has 2 rings (SSSR count). The van der Waals surface area contributed by atoms with Crippen LogP contribution in [0.15, 0.2) is 42.5 Å². The number of nitrogens with two attached hydrogens (primary N) is 1. The molecule has 0 atom stereocenters. The average molecular weight is 229 g/mol. The Labute approximate surface area is 98.9 Å². The van der Waals surface area contributed by atoms with Crippen LogP contribution in [0.5, 0.6) is 0 Å². The highest BCUT2D eigenvalue weighted by atomic mass is 19.1. The third-order valence-electron chi connectivity index (χ3n) is 2.63. The first-order valence-corrected chi connectivity index (χ1v) is 5.29. The number of benzene rings is 2. The minimum atomic E-state index is -0.283. The zero-order chi connectivity index (χ0) is 12.3. The van der Waals surface area contributed by atoms with E-state index in [1.54, 1.807) is 36.4 Å². The van der Waals surface area contributed by atoms with Crippen molar-refractivity contribution in [3.8, 4) is 11.1 Å². The Morgan fingerprint density at radius 2 is 1.94 bits per heavy atom. The average Bonchev–Trinajstić information content (AvgIpc) is 2.33. The number of hydrogen-bond acceptors (Lipinski definition) is 2. The second-order valence-electron chi connectivity index (χ2n) is 3.76. The molecule has 0 saturated heterocycles. The molecule has 0 aliphatic heterocycles. The van der Waals surface area contributed by atoms with E-state index in [9.17, 15) is 9.18 Å². The molecule has 0 aliphatic carbocycles. The summed E-state index contributed by atoms with van der Waals surface area (Å²) in [5.41, 5.74) is 8.26. The van der Waals surface area contributed by atoms with Gasteiger partial charge >= 0.3 is 0 Å². The van der Waals surface area contributed by atoms with Crippen LogP contribution in [0.25, 0.3) is 11.1 Å². The largest absolute Gasteiger partial charge is 0.398 e. The highest BCUT2D eigenvalue weighted by Gasteiger charge is 2.06. The van der Waals surface area contributed by atoms with E-state index >= 15 is 0 Å². The van der Waals surface area contributed by atoms with Crippen LogP contribution >= 0.6 is 0 Å². The van der Waals surface area contributed by atoms with E-state index in [0.717, 1.165) is 17.4 Å². The van der Waals surface area contributed by atoms with Gasteiger partial charge in [0.1, 0.15) is 12.1 Å². The monoisotopic (exact) mass is 229 g/mol. The summed E-state index contributed by atoms with van der Waals surface area (Å²) in [6, 6.07) is 11.7. The zero-order valence-corrected chi connectivity index (χ0v) is 9.19. The van der Waals surface area contributed by atoms with Crippen molar-refractivity contribution < 1.29 is 9.18 Å². The summed E-state index contributed by atoms with van der Waals surface area (Å²) >= 11 is 0. The molecular formula is C14H12FNO. The van der Waals surface area contributed by atoms with Crippen molar-refractivity contribution in [2.45, 2.75) is 6.42 Å². The quantitative estimate of drug-likeness (QED) is 0.649. The Morgan fingerprint density at radius 1 is 1.18 bits per heavy atom. The summed E-state index contributed by atoms with van der Waals surface area (Å²) in [5, 5.41) is 0. The first-order chi connectivity index (χ1) is 8.22. The lowest BCUT2D eigenvalue weighted by Crippen LogP contribution is -1.96. The molecule has 0 heterocycles. The molecule has 0 bridgehead atoms. The molecule has 2 aromatic carbocycles. The summed E-state index contributed by atoms with van der Waals surface area (Å²) < 4.78 is 13.6. The fourth-order valence-electron chi connectivity index (χ4n) is 1.74. The van der Waals surface area contributed by atoms with Gasteiger partial charge in [0.15, 0.2) is 0 Å². The molecule has 0 aromatic heterocycles. The Kier molecular flexibility index (Phi) is 3.19. The van der Waals surface area contributed by atoms with E-state index < -0.39 is 0 Å². The van der Waals surface area contributed by atoms with Gasteiger partial charge in [-0.1, -0.05) is 24.3 Å². The molecule has 0 unspecified atom stereocenters. The lowest BCUT2D eigenvalue weighted by atomic mass is 10.0. The second-order valence-corrected chi connectivity index (χ2v) is 3.76. The van der Waals surface area contributed by atoms with Crippen molar-refractivity contribution >= 4 is 12.0 Å². The molecule has 0 fully saturated rings. The maximum atomic E-state index is 13.6. The number of nitrogen functional groups attached to an aromatic ring is 1. The van der Waals surface area contributed by atoms with E-state index in [1.807, 2.05) is 0 Å². The predicted octanol–water partition coefficient (Wildman–Crippen LogP) is 2.82. The Morgan fingerprint density at radius 3 is 2.65 bits per heavy atom.